The van der Waals surface area contributed by atoms with Crippen LogP contribution in [0.25, 0.3) is 5.57 Å². The summed E-state index contributed by atoms with van der Waals surface area (Å²) in [5.41, 5.74) is 2.19. The summed E-state index contributed by atoms with van der Waals surface area (Å²) in [6, 6.07) is 0. The van der Waals surface area contributed by atoms with Gasteiger partial charge in [0.25, 0.3) is 5.88 Å². The van der Waals surface area contributed by atoms with Crippen molar-refractivity contribution < 1.29 is 4.74 Å². The fraction of sp³-hybridized carbons (Fsp3) is 0.692. The van der Waals surface area contributed by atoms with E-state index >= 15 is 0 Å². The van der Waals surface area contributed by atoms with Crippen LogP contribution in [0.2, 0.25) is 0 Å². The van der Waals surface area contributed by atoms with Crippen molar-refractivity contribution in [2.75, 3.05) is 26.7 Å². The predicted molar refractivity (Wildman–Crippen MR) is 75.0 cm³/mol. The summed E-state index contributed by atoms with van der Waals surface area (Å²) in [6.45, 7) is 7.13. The van der Waals surface area contributed by atoms with Crippen LogP contribution in [0.4, 0.5) is 0 Å². The molecule has 5 heteroatoms. The van der Waals surface area contributed by atoms with Gasteiger partial charge < -0.3 is 9.64 Å². The number of nitrogens with zero attached hydrogens (tertiary/aromatic N) is 3. The molecule has 0 N–H and O–H groups in total. The van der Waals surface area contributed by atoms with Crippen LogP contribution in [0.1, 0.15) is 32.4 Å². The zero-order valence-electron chi connectivity index (χ0n) is 11.3. The molecule has 1 aromatic heterocycles. The Kier molecular flexibility index (Phi) is 4.72. The van der Waals surface area contributed by atoms with Crippen LogP contribution in [0.5, 0.6) is 5.88 Å². The lowest BCUT2D eigenvalue weighted by atomic mass is 10.1. The third-order valence-electron chi connectivity index (χ3n) is 3.31. The van der Waals surface area contributed by atoms with E-state index in [4.69, 9.17) is 4.74 Å². The van der Waals surface area contributed by atoms with Gasteiger partial charge in [0.2, 0.25) is 0 Å². The first-order valence-electron chi connectivity index (χ1n) is 6.54. The molecule has 1 aromatic rings. The Morgan fingerprint density at radius 1 is 1.50 bits per heavy atom. The van der Waals surface area contributed by atoms with Crippen molar-refractivity contribution >= 4 is 17.3 Å². The zero-order chi connectivity index (χ0) is 13.0. The molecule has 1 aliphatic heterocycles. The van der Waals surface area contributed by atoms with Gasteiger partial charge in [0.15, 0.2) is 0 Å². The van der Waals surface area contributed by atoms with Crippen LogP contribution in [-0.2, 0) is 0 Å². The van der Waals surface area contributed by atoms with Crippen LogP contribution < -0.4 is 4.74 Å². The Labute approximate surface area is 113 Å². The monoisotopic (exact) mass is 267 g/mol. The van der Waals surface area contributed by atoms with Gasteiger partial charge in [-0.3, -0.25) is 0 Å². The van der Waals surface area contributed by atoms with Gasteiger partial charge in [0.1, 0.15) is 5.69 Å². The molecule has 1 atom stereocenters. The van der Waals surface area contributed by atoms with Crippen molar-refractivity contribution in [3.8, 4) is 5.88 Å². The molecule has 0 radical (unpaired) electrons. The summed E-state index contributed by atoms with van der Waals surface area (Å²) in [5.74, 6) is 1.27. The van der Waals surface area contributed by atoms with Crippen molar-refractivity contribution in [2.24, 2.45) is 5.92 Å². The fourth-order valence-electron chi connectivity index (χ4n) is 1.88. The lowest BCUT2D eigenvalue weighted by Gasteiger charge is -2.22. The van der Waals surface area contributed by atoms with Gasteiger partial charge >= 0.3 is 0 Å². The second-order valence-corrected chi connectivity index (χ2v) is 5.53. The van der Waals surface area contributed by atoms with E-state index in [-0.39, 0.29) is 0 Å². The highest BCUT2D eigenvalue weighted by Crippen LogP contribution is 2.27. The number of aromatic nitrogens is 2. The van der Waals surface area contributed by atoms with E-state index in [1.165, 1.54) is 17.3 Å². The number of rotatable bonds is 5. The molecule has 0 bridgehead atoms. The molecule has 2 heterocycles. The lowest BCUT2D eigenvalue weighted by Crippen LogP contribution is -2.25. The normalized spacial score (nSPS) is 18.5. The van der Waals surface area contributed by atoms with Crippen LogP contribution >= 0.6 is 11.7 Å². The van der Waals surface area contributed by atoms with Crippen LogP contribution in [0.3, 0.4) is 0 Å². The molecule has 0 spiro atoms. The predicted octanol–water partition coefficient (Wildman–Crippen LogP) is 2.68. The minimum atomic E-state index is 0.558. The molecule has 1 unspecified atom stereocenters. The molecular formula is C13H21N3OS. The van der Waals surface area contributed by atoms with Gasteiger partial charge in [-0.05, 0) is 25.0 Å². The van der Waals surface area contributed by atoms with Crippen LogP contribution in [-0.4, -0.2) is 40.4 Å². The number of hydrogen-bond acceptors (Lipinski definition) is 5. The Morgan fingerprint density at radius 2 is 2.33 bits per heavy atom. The van der Waals surface area contributed by atoms with Crippen molar-refractivity contribution in [3.63, 3.8) is 0 Å². The van der Waals surface area contributed by atoms with E-state index in [9.17, 15) is 0 Å². The summed E-state index contributed by atoms with van der Waals surface area (Å²) in [5, 5.41) is 0. The molecule has 0 aromatic carbocycles. The molecule has 0 saturated carbocycles. The fourth-order valence-corrected chi connectivity index (χ4v) is 2.41. The third-order valence-corrected chi connectivity index (χ3v) is 3.82. The number of ether oxygens (including phenoxy) is 1. The molecule has 0 fully saturated rings. The van der Waals surface area contributed by atoms with Gasteiger partial charge in [0, 0.05) is 13.1 Å². The Morgan fingerprint density at radius 3 is 3.06 bits per heavy atom. The maximum atomic E-state index is 5.80. The maximum absolute atomic E-state index is 5.80. The van der Waals surface area contributed by atoms with Crippen LogP contribution in [0.15, 0.2) is 6.08 Å². The first kappa shape index (κ1) is 13.5. The standard InChI is InChI=1S/C13H21N3OS/c1-4-10(2)9-17-13-12(14-18-15-13)11-6-5-7-16(3)8-11/h6,10H,4-5,7-9H2,1-3H3. The first-order chi connectivity index (χ1) is 8.70. The molecule has 2 rings (SSSR count). The van der Waals surface area contributed by atoms with Gasteiger partial charge in [0.05, 0.1) is 18.3 Å². The Balaban J connectivity index is 2.05. The molecule has 100 valence electrons. The van der Waals surface area contributed by atoms with Gasteiger partial charge in [-0.25, -0.2) is 0 Å². The van der Waals surface area contributed by atoms with Crippen LogP contribution in [0, 0.1) is 5.92 Å². The second kappa shape index (κ2) is 6.29. The molecule has 4 nitrogen and oxygen atoms in total. The third kappa shape index (κ3) is 3.29. The quantitative estimate of drug-likeness (QED) is 0.822. The maximum Gasteiger partial charge on any atom is 0.253 e. The Bertz CT molecular complexity index is 416. The molecule has 1 aliphatic rings. The van der Waals surface area contributed by atoms with Gasteiger partial charge in [-0.2, -0.15) is 4.37 Å². The van der Waals surface area contributed by atoms with Gasteiger partial charge in [-0.1, -0.05) is 26.3 Å². The minimum absolute atomic E-state index is 0.558. The molecular weight excluding hydrogens is 246 g/mol. The average Bonchev–Trinajstić information content (AvgIpc) is 2.84. The SMILES string of the molecule is CCC(C)COc1nsnc1C1=CCCN(C)C1. The highest BCUT2D eigenvalue weighted by Gasteiger charge is 2.18. The molecule has 0 saturated heterocycles. The van der Waals surface area contributed by atoms with E-state index in [2.05, 4.69) is 40.6 Å². The molecule has 18 heavy (non-hydrogen) atoms. The van der Waals surface area contributed by atoms with E-state index in [0.29, 0.717) is 11.8 Å². The van der Waals surface area contributed by atoms with Crippen molar-refractivity contribution in [1.82, 2.24) is 13.6 Å². The summed E-state index contributed by atoms with van der Waals surface area (Å²) < 4.78 is 14.5. The second-order valence-electron chi connectivity index (χ2n) is 5.00. The zero-order valence-corrected chi connectivity index (χ0v) is 12.2. The van der Waals surface area contributed by atoms with E-state index in [1.807, 2.05) is 0 Å². The van der Waals surface area contributed by atoms with E-state index in [0.717, 1.165) is 38.2 Å². The van der Waals surface area contributed by atoms with Gasteiger partial charge in [-0.15, -0.1) is 4.37 Å². The van der Waals surface area contributed by atoms with Crippen molar-refractivity contribution in [1.29, 1.82) is 0 Å². The topological polar surface area (TPSA) is 38.3 Å². The molecule has 0 aliphatic carbocycles. The summed E-state index contributed by atoms with van der Waals surface area (Å²) >= 11 is 1.24. The van der Waals surface area contributed by atoms with Crippen molar-refractivity contribution in [2.45, 2.75) is 26.7 Å². The largest absolute Gasteiger partial charge is 0.475 e. The number of likely N-dealkylation sites (N-methyl/N-ethyl adjacent to an activating group) is 1. The van der Waals surface area contributed by atoms with Crippen molar-refractivity contribution in [3.05, 3.63) is 11.8 Å². The first-order valence-corrected chi connectivity index (χ1v) is 7.27. The lowest BCUT2D eigenvalue weighted by molar-refractivity contribution is 0.248. The average molecular weight is 267 g/mol. The summed E-state index contributed by atoms with van der Waals surface area (Å²) in [7, 11) is 2.13. The minimum Gasteiger partial charge on any atom is -0.475 e. The highest BCUT2D eigenvalue weighted by molar-refractivity contribution is 6.99. The molecule has 0 amide bonds. The van der Waals surface area contributed by atoms with E-state index < -0.39 is 0 Å². The highest BCUT2D eigenvalue weighted by atomic mass is 32.1. The Hall–Kier alpha value is -0.940. The summed E-state index contributed by atoms with van der Waals surface area (Å²) in [6.07, 6.45) is 4.46. The smallest absolute Gasteiger partial charge is 0.253 e. The van der Waals surface area contributed by atoms with E-state index in [1.54, 1.807) is 0 Å². The summed E-state index contributed by atoms with van der Waals surface area (Å²) in [4.78, 5) is 2.30. The number of hydrogen-bond donors (Lipinski definition) is 0.